The Morgan fingerprint density at radius 2 is 2.24 bits per heavy atom. The van der Waals surface area contributed by atoms with Crippen molar-refractivity contribution in [1.82, 2.24) is 20.3 Å². The molecule has 0 aromatic carbocycles. The van der Waals surface area contributed by atoms with Gasteiger partial charge < -0.3 is 15.2 Å². The van der Waals surface area contributed by atoms with Gasteiger partial charge in [0, 0.05) is 12.5 Å². The van der Waals surface area contributed by atoms with Crippen LogP contribution in [-0.4, -0.2) is 43.9 Å². The zero-order valence-corrected chi connectivity index (χ0v) is 13.0. The zero-order chi connectivity index (χ0) is 15.6. The normalized spacial score (nSPS) is 23.3. The minimum absolute atomic E-state index is 0.105. The third kappa shape index (κ3) is 4.42. The van der Waals surface area contributed by atoms with Crippen LogP contribution >= 0.6 is 0 Å². The third-order valence-corrected chi connectivity index (χ3v) is 3.33. The molecule has 1 aromatic rings. The summed E-state index contributed by atoms with van der Waals surface area (Å²) < 4.78 is 7.08. The molecule has 1 aliphatic carbocycles. The second kappa shape index (κ2) is 6.01. The average molecular weight is 296 g/mol. The first kappa shape index (κ1) is 15.8. The van der Waals surface area contributed by atoms with Gasteiger partial charge in [-0.25, -0.2) is 9.48 Å². The Bertz CT molecular complexity index is 487. The van der Waals surface area contributed by atoms with Crippen LogP contribution in [-0.2, 0) is 11.2 Å². The molecule has 7 nitrogen and oxygen atoms in total. The van der Waals surface area contributed by atoms with Crippen molar-refractivity contribution >= 4 is 6.09 Å². The Balaban J connectivity index is 1.82. The van der Waals surface area contributed by atoms with Crippen molar-refractivity contribution in [3.8, 4) is 0 Å². The number of carbonyl (C=O) groups excluding carboxylic acids is 1. The second-order valence-electron chi connectivity index (χ2n) is 6.69. The van der Waals surface area contributed by atoms with Crippen LogP contribution in [0.2, 0.25) is 0 Å². The minimum Gasteiger partial charge on any atom is -0.444 e. The maximum atomic E-state index is 11.7. The summed E-state index contributed by atoms with van der Waals surface area (Å²) in [5.74, 6) is 0. The van der Waals surface area contributed by atoms with Gasteiger partial charge in [0.05, 0.1) is 24.0 Å². The molecule has 21 heavy (non-hydrogen) atoms. The van der Waals surface area contributed by atoms with Gasteiger partial charge in [0.25, 0.3) is 0 Å². The van der Waals surface area contributed by atoms with Crippen LogP contribution in [0.1, 0.15) is 52.3 Å². The van der Waals surface area contributed by atoms with E-state index in [-0.39, 0.29) is 18.2 Å². The Kier molecular flexibility index (Phi) is 4.51. The summed E-state index contributed by atoms with van der Waals surface area (Å²) in [5, 5.41) is 20.3. The molecule has 1 saturated carbocycles. The topological polar surface area (TPSA) is 89.3 Å². The predicted molar refractivity (Wildman–Crippen MR) is 76.8 cm³/mol. The second-order valence-corrected chi connectivity index (χ2v) is 6.69. The van der Waals surface area contributed by atoms with Gasteiger partial charge in [-0.3, -0.25) is 0 Å². The van der Waals surface area contributed by atoms with Gasteiger partial charge in [-0.15, -0.1) is 5.10 Å². The first-order valence-electron chi connectivity index (χ1n) is 7.31. The van der Waals surface area contributed by atoms with Crippen LogP contribution in [0.4, 0.5) is 4.79 Å². The molecule has 1 aliphatic rings. The van der Waals surface area contributed by atoms with Crippen LogP contribution in [0.3, 0.4) is 0 Å². The van der Waals surface area contributed by atoms with Crippen molar-refractivity contribution in [3.05, 3.63) is 11.9 Å². The number of hydrogen-bond acceptors (Lipinski definition) is 5. The van der Waals surface area contributed by atoms with Gasteiger partial charge >= 0.3 is 6.09 Å². The summed E-state index contributed by atoms with van der Waals surface area (Å²) in [6, 6.07) is 0.328. The molecule has 0 radical (unpaired) electrons. The van der Waals surface area contributed by atoms with Gasteiger partial charge in [0.2, 0.25) is 0 Å². The van der Waals surface area contributed by atoms with Crippen molar-refractivity contribution in [3.63, 3.8) is 0 Å². The molecular weight excluding hydrogens is 272 g/mol. The van der Waals surface area contributed by atoms with E-state index < -0.39 is 11.7 Å². The van der Waals surface area contributed by atoms with Crippen LogP contribution < -0.4 is 5.32 Å². The van der Waals surface area contributed by atoms with E-state index in [0.717, 1.165) is 18.5 Å². The molecule has 2 N–H and O–H groups in total. The van der Waals surface area contributed by atoms with Gasteiger partial charge in [-0.05, 0) is 40.5 Å². The first-order valence-corrected chi connectivity index (χ1v) is 7.31. The molecule has 118 valence electrons. The standard InChI is InChI=1S/C14H24N4O3/c1-9(19)5-12-8-15-17-18(12)11-6-10(7-11)16-13(20)21-14(2,3)4/h8-11,19H,5-7H2,1-4H3,(H,16,20)/t9-,10?,11?/m1/s1. The summed E-state index contributed by atoms with van der Waals surface area (Å²) in [4.78, 5) is 11.7. The van der Waals surface area contributed by atoms with E-state index in [4.69, 9.17) is 4.74 Å². The number of hydrogen-bond donors (Lipinski definition) is 2. The SMILES string of the molecule is C[C@@H](O)Cc1cnnn1C1CC(NC(=O)OC(C)(C)C)C1. The van der Waals surface area contributed by atoms with E-state index in [1.165, 1.54) is 0 Å². The maximum absolute atomic E-state index is 11.7. The van der Waals surface area contributed by atoms with Gasteiger partial charge in [0.15, 0.2) is 0 Å². The van der Waals surface area contributed by atoms with E-state index in [2.05, 4.69) is 15.6 Å². The Morgan fingerprint density at radius 3 is 2.81 bits per heavy atom. The summed E-state index contributed by atoms with van der Waals surface area (Å²) in [7, 11) is 0. The van der Waals surface area contributed by atoms with Crippen molar-refractivity contribution in [2.75, 3.05) is 0 Å². The lowest BCUT2D eigenvalue weighted by molar-refractivity contribution is 0.0451. The first-order chi connectivity index (χ1) is 9.74. The molecule has 1 fully saturated rings. The maximum Gasteiger partial charge on any atom is 0.407 e. The van der Waals surface area contributed by atoms with Crippen molar-refractivity contribution < 1.29 is 14.6 Å². The highest BCUT2D eigenvalue weighted by atomic mass is 16.6. The number of rotatable bonds is 4. The summed E-state index contributed by atoms with van der Waals surface area (Å²) in [6.45, 7) is 7.26. The van der Waals surface area contributed by atoms with Crippen LogP contribution in [0, 0.1) is 0 Å². The predicted octanol–water partition coefficient (Wildman–Crippen LogP) is 1.43. The van der Waals surface area contributed by atoms with Crippen LogP contribution in [0.5, 0.6) is 0 Å². The van der Waals surface area contributed by atoms with E-state index in [1.807, 2.05) is 25.5 Å². The van der Waals surface area contributed by atoms with Gasteiger partial charge in [-0.2, -0.15) is 0 Å². The van der Waals surface area contributed by atoms with E-state index in [9.17, 15) is 9.90 Å². The van der Waals surface area contributed by atoms with Crippen LogP contribution in [0.15, 0.2) is 6.20 Å². The lowest BCUT2D eigenvalue weighted by Crippen LogP contribution is -2.47. The number of nitrogens with one attached hydrogen (secondary N) is 1. The smallest absolute Gasteiger partial charge is 0.407 e. The quantitative estimate of drug-likeness (QED) is 0.877. The van der Waals surface area contributed by atoms with E-state index >= 15 is 0 Å². The lowest BCUT2D eigenvalue weighted by atomic mass is 9.86. The Hall–Kier alpha value is -1.63. The van der Waals surface area contributed by atoms with Crippen molar-refractivity contribution in [2.24, 2.45) is 0 Å². The van der Waals surface area contributed by atoms with Crippen molar-refractivity contribution in [2.45, 2.75) is 70.7 Å². The number of aliphatic hydroxyl groups is 1. The number of carbonyl (C=O) groups is 1. The number of nitrogens with zero attached hydrogens (tertiary/aromatic N) is 3. The van der Waals surface area contributed by atoms with Gasteiger partial charge in [-0.1, -0.05) is 5.21 Å². The number of alkyl carbamates (subject to hydrolysis) is 1. The molecule has 0 bridgehead atoms. The molecule has 0 spiro atoms. The van der Waals surface area contributed by atoms with Crippen molar-refractivity contribution in [1.29, 1.82) is 0 Å². The molecule has 0 saturated heterocycles. The average Bonchev–Trinajstić information content (AvgIpc) is 2.67. The monoisotopic (exact) mass is 296 g/mol. The summed E-state index contributed by atoms with van der Waals surface area (Å²) >= 11 is 0. The van der Waals surface area contributed by atoms with E-state index in [1.54, 1.807) is 13.1 Å². The Labute approximate surface area is 124 Å². The molecule has 2 rings (SSSR count). The number of aliphatic hydroxyl groups excluding tert-OH is 1. The molecule has 0 aliphatic heterocycles. The molecule has 1 atom stereocenters. The number of amides is 1. The molecule has 7 heteroatoms. The van der Waals surface area contributed by atoms with Crippen LogP contribution in [0.25, 0.3) is 0 Å². The Morgan fingerprint density at radius 1 is 1.57 bits per heavy atom. The summed E-state index contributed by atoms with van der Waals surface area (Å²) in [5.41, 5.74) is 0.439. The largest absolute Gasteiger partial charge is 0.444 e. The van der Waals surface area contributed by atoms with E-state index in [0.29, 0.717) is 6.42 Å². The lowest BCUT2D eigenvalue weighted by Gasteiger charge is -2.36. The molecule has 1 amide bonds. The third-order valence-electron chi connectivity index (χ3n) is 3.33. The highest BCUT2D eigenvalue weighted by Gasteiger charge is 2.34. The highest BCUT2D eigenvalue weighted by Crippen LogP contribution is 2.32. The fourth-order valence-corrected chi connectivity index (χ4v) is 2.40. The number of ether oxygens (including phenoxy) is 1. The molecule has 1 aromatic heterocycles. The molecular formula is C14H24N4O3. The molecule has 0 unspecified atom stereocenters. The molecule has 1 heterocycles. The van der Waals surface area contributed by atoms with Gasteiger partial charge in [0.1, 0.15) is 5.60 Å². The highest BCUT2D eigenvalue weighted by molar-refractivity contribution is 5.68. The minimum atomic E-state index is -0.483. The summed E-state index contributed by atoms with van der Waals surface area (Å²) in [6.07, 6.45) is 3.02. The fourth-order valence-electron chi connectivity index (χ4n) is 2.40. The number of aromatic nitrogens is 3. The fraction of sp³-hybridized carbons (Fsp3) is 0.786. The zero-order valence-electron chi connectivity index (χ0n) is 13.0.